The molecule has 3 N–H and O–H groups in total. The topological polar surface area (TPSA) is 192 Å². The van der Waals surface area contributed by atoms with Crippen LogP contribution in [0.1, 0.15) is 51.8 Å². The van der Waals surface area contributed by atoms with E-state index in [4.69, 9.17) is 15.3 Å². The molecule has 0 aromatic heterocycles. The molecule has 5 aromatic carbocycles. The van der Waals surface area contributed by atoms with Gasteiger partial charge >= 0.3 is 47.5 Å². The van der Waals surface area contributed by atoms with E-state index >= 15 is 0 Å². The molecule has 5 aromatic rings. The third-order valence-corrected chi connectivity index (χ3v) is 5.08. The number of hydrogen-bond acceptors (Lipinski definition) is 7. The van der Waals surface area contributed by atoms with E-state index in [9.17, 15) is 34.2 Å². The molecule has 0 spiro atoms. The summed E-state index contributed by atoms with van der Waals surface area (Å²) in [6.45, 7) is 0. The molecule has 47 heavy (non-hydrogen) atoms. The zero-order valence-electron chi connectivity index (χ0n) is 25.1. The number of carbonyl (C=O) groups is 5. The van der Waals surface area contributed by atoms with Gasteiger partial charge in [-0.1, -0.05) is 115 Å². The average Bonchev–Trinajstić information content (AvgIpc) is 3.08. The van der Waals surface area contributed by atoms with Gasteiger partial charge in [0.1, 0.15) is 0 Å². The smallest absolute Gasteiger partial charge is 0.545 e. The number of carboxylic acids is 5. The minimum absolute atomic E-state index is 0. The first kappa shape index (κ1) is 44.9. The molecule has 0 heterocycles. The summed E-state index contributed by atoms with van der Waals surface area (Å²) in [5, 5.41) is 45.3. The van der Waals surface area contributed by atoms with Crippen molar-refractivity contribution in [2.75, 3.05) is 0 Å². The van der Waals surface area contributed by atoms with Crippen molar-refractivity contribution in [3.05, 3.63) is 179 Å². The van der Waals surface area contributed by atoms with Crippen LogP contribution in [0, 0.1) is 39.9 Å². The van der Waals surface area contributed by atoms with Crippen LogP contribution in [-0.4, -0.2) is 45.2 Å². The number of aromatic carboxylic acids is 5. The minimum Gasteiger partial charge on any atom is -0.545 e. The Bertz CT molecular complexity index is 1320. The van der Waals surface area contributed by atoms with Gasteiger partial charge in [-0.2, -0.15) is 0 Å². The zero-order valence-corrected chi connectivity index (χ0v) is 31.2. The van der Waals surface area contributed by atoms with Crippen LogP contribution in [0.5, 0.6) is 0 Å². The number of carboxylic acid groups (broad SMARTS) is 5. The normalized spacial score (nSPS) is 8.51. The largest absolute Gasteiger partial charge is 1.00 e. The van der Waals surface area contributed by atoms with Crippen molar-refractivity contribution >= 4 is 29.8 Å². The molecule has 0 saturated carbocycles. The summed E-state index contributed by atoms with van der Waals surface area (Å²) in [5.74, 6) is -4.90. The van der Waals surface area contributed by atoms with Crippen molar-refractivity contribution in [3.63, 3.8) is 0 Å². The number of rotatable bonds is 5. The van der Waals surface area contributed by atoms with Crippen LogP contribution in [0.15, 0.2) is 152 Å². The molecule has 0 aliphatic heterocycles. The van der Waals surface area contributed by atoms with Crippen molar-refractivity contribution in [2.24, 2.45) is 0 Å². The van der Waals surface area contributed by atoms with Gasteiger partial charge in [0.2, 0.25) is 0 Å². The van der Waals surface area contributed by atoms with Crippen LogP contribution in [0.25, 0.3) is 0 Å². The molecule has 0 unspecified atom stereocenters. The van der Waals surface area contributed by atoms with Crippen molar-refractivity contribution in [2.45, 2.75) is 0 Å². The number of hydrogen-bond donors (Lipinski definition) is 3. The molecule has 0 fully saturated rings. The van der Waals surface area contributed by atoms with E-state index in [0.29, 0.717) is 16.7 Å². The van der Waals surface area contributed by atoms with E-state index in [1.807, 2.05) is 0 Å². The Morgan fingerprint density at radius 1 is 0.340 bits per heavy atom. The first-order valence-electron chi connectivity index (χ1n) is 12.9. The van der Waals surface area contributed by atoms with Crippen molar-refractivity contribution in [1.82, 2.24) is 0 Å². The van der Waals surface area contributed by atoms with Crippen LogP contribution in [-0.2, 0) is 0 Å². The van der Waals surface area contributed by atoms with Crippen molar-refractivity contribution in [1.29, 1.82) is 0 Å². The summed E-state index contributed by atoms with van der Waals surface area (Å²) in [6, 6.07) is 41.0. The molecule has 0 saturated heterocycles. The van der Waals surface area contributed by atoms with Gasteiger partial charge in [-0.05, 0) is 47.5 Å². The third kappa shape index (κ3) is 21.2. The van der Waals surface area contributed by atoms with Gasteiger partial charge in [-0.15, -0.1) is 0 Å². The summed E-state index contributed by atoms with van der Waals surface area (Å²) < 4.78 is 0. The fourth-order valence-corrected chi connectivity index (χ4v) is 2.89. The molecule has 5 rings (SSSR count). The Balaban J connectivity index is 0. The molecule has 0 aliphatic carbocycles. The first-order valence-corrected chi connectivity index (χ1v) is 12.9. The molecular formula is C35H28NaO10Th-. The Morgan fingerprint density at radius 3 is 0.574 bits per heavy atom. The Hall–Kier alpha value is -4.23. The molecule has 0 bridgehead atoms. The monoisotopic (exact) mass is 863 g/mol. The molecule has 0 radical (unpaired) electrons. The van der Waals surface area contributed by atoms with Gasteiger partial charge in [0.25, 0.3) is 0 Å². The second-order valence-corrected chi connectivity index (χ2v) is 8.32. The van der Waals surface area contributed by atoms with Gasteiger partial charge in [-0.3, -0.25) is 0 Å². The van der Waals surface area contributed by atoms with Gasteiger partial charge in [0.05, 0.1) is 28.6 Å². The Morgan fingerprint density at radius 2 is 0.489 bits per heavy atom. The third-order valence-electron chi connectivity index (χ3n) is 5.08. The molecule has 12 heteroatoms. The summed E-state index contributed by atoms with van der Waals surface area (Å²) in [7, 11) is 0. The fourth-order valence-electron chi connectivity index (χ4n) is 2.89. The van der Waals surface area contributed by atoms with Gasteiger partial charge in [0.15, 0.2) is 0 Å². The molecule has 0 amide bonds. The summed E-state index contributed by atoms with van der Waals surface area (Å²) in [6.07, 6.45) is 0. The van der Waals surface area contributed by atoms with E-state index in [2.05, 4.69) is 0 Å². The van der Waals surface area contributed by atoms with Crippen molar-refractivity contribution < 1.29 is 119 Å². The SMILES string of the molecule is O=C(O)c1ccccc1.O=C(O)c1ccccc1.O=C(O)c1ccccc1.O=C([O-])c1ccccc1.O=C([O-])c1ccccc1.[Na+].[Th]. The van der Waals surface area contributed by atoms with E-state index in [0.717, 1.165) is 0 Å². The average molecular weight is 864 g/mol. The van der Waals surface area contributed by atoms with Crippen LogP contribution in [0.2, 0.25) is 0 Å². The standard InChI is InChI=1S/5C7H6O2.Na.Th/c5*8-7(9)6-4-2-1-3-5-6;;/h5*1-5H,(H,8,9);;/q;;;;;+1;/p-2. The Kier molecular flexibility index (Phi) is 25.7. The summed E-state index contributed by atoms with van der Waals surface area (Å²) in [4.78, 5) is 50.8. The predicted octanol–water partition coefficient (Wildman–Crippen LogP) is 1.26. The molecule has 234 valence electrons. The first-order chi connectivity index (χ1) is 21.5. The zero-order chi connectivity index (χ0) is 33.5. The van der Waals surface area contributed by atoms with E-state index in [1.165, 1.54) is 24.3 Å². The maximum Gasteiger partial charge on any atom is 1.00 e. The summed E-state index contributed by atoms with van der Waals surface area (Å²) >= 11 is 0. The minimum atomic E-state index is -1.13. The van der Waals surface area contributed by atoms with E-state index < -0.39 is 29.8 Å². The molecule has 10 nitrogen and oxygen atoms in total. The van der Waals surface area contributed by atoms with Crippen LogP contribution in [0.3, 0.4) is 0 Å². The summed E-state index contributed by atoms with van der Waals surface area (Å²) in [5.41, 5.74) is 1.43. The fraction of sp³-hybridized carbons (Fsp3) is 0. The number of benzene rings is 5. The van der Waals surface area contributed by atoms with Gasteiger partial charge < -0.3 is 35.1 Å². The van der Waals surface area contributed by atoms with E-state index in [-0.39, 0.29) is 80.6 Å². The van der Waals surface area contributed by atoms with Crippen LogP contribution < -0.4 is 39.8 Å². The second kappa shape index (κ2) is 26.9. The number of carbonyl (C=O) groups excluding carboxylic acids is 2. The Labute approximate surface area is 325 Å². The quantitative estimate of drug-likeness (QED) is 0.217. The molecule has 0 aliphatic rings. The van der Waals surface area contributed by atoms with E-state index in [1.54, 1.807) is 127 Å². The van der Waals surface area contributed by atoms with Crippen LogP contribution in [0.4, 0.5) is 0 Å². The van der Waals surface area contributed by atoms with Crippen molar-refractivity contribution in [3.8, 4) is 0 Å². The maximum atomic E-state index is 10.2. The van der Waals surface area contributed by atoms with Crippen LogP contribution >= 0.6 is 0 Å². The van der Waals surface area contributed by atoms with Gasteiger partial charge in [0, 0.05) is 39.9 Å². The second-order valence-electron chi connectivity index (χ2n) is 8.32. The predicted molar refractivity (Wildman–Crippen MR) is 162 cm³/mol. The van der Waals surface area contributed by atoms with Gasteiger partial charge in [-0.25, -0.2) is 14.4 Å². The molecule has 0 atom stereocenters. The molecular weight excluding hydrogens is 835 g/mol. The maximum absolute atomic E-state index is 10.2.